The van der Waals surface area contributed by atoms with E-state index in [0.29, 0.717) is 0 Å². The van der Waals surface area contributed by atoms with Crippen molar-refractivity contribution in [3.8, 4) is 0 Å². The Morgan fingerprint density at radius 3 is 2.32 bits per heavy atom. The fourth-order valence-electron chi connectivity index (χ4n) is 2.73. The molecule has 0 aliphatic rings. The zero-order valence-corrected chi connectivity index (χ0v) is 18.0. The molecule has 0 saturated carbocycles. The third-order valence-electron chi connectivity index (χ3n) is 4.15. The third-order valence-corrected chi connectivity index (χ3v) is 4.15. The SMILES string of the molecule is CC(=O)NCCOC(=O)CC(O)N(CC(C)C)C(=O)NC(Cc1ccccc1)C(=O)O. The van der Waals surface area contributed by atoms with Crippen molar-refractivity contribution in [3.05, 3.63) is 35.9 Å². The first-order chi connectivity index (χ1) is 14.6. The quantitative estimate of drug-likeness (QED) is 0.214. The van der Waals surface area contributed by atoms with Gasteiger partial charge in [0.15, 0.2) is 0 Å². The van der Waals surface area contributed by atoms with Crippen molar-refractivity contribution < 1.29 is 34.1 Å². The number of aliphatic hydroxyl groups excluding tert-OH is 1. The number of nitrogens with one attached hydrogen (secondary N) is 2. The van der Waals surface area contributed by atoms with E-state index >= 15 is 0 Å². The van der Waals surface area contributed by atoms with Crippen molar-refractivity contribution in [1.82, 2.24) is 15.5 Å². The number of aliphatic hydroxyl groups is 1. The van der Waals surface area contributed by atoms with Crippen molar-refractivity contribution in [2.45, 2.75) is 45.9 Å². The molecule has 0 aliphatic carbocycles. The first kappa shape index (κ1) is 25.9. The number of urea groups is 1. The monoisotopic (exact) mass is 437 g/mol. The molecule has 10 nitrogen and oxygen atoms in total. The van der Waals surface area contributed by atoms with Crippen molar-refractivity contribution in [2.24, 2.45) is 5.92 Å². The number of amides is 3. The van der Waals surface area contributed by atoms with Crippen LogP contribution in [0.3, 0.4) is 0 Å². The fourth-order valence-corrected chi connectivity index (χ4v) is 2.73. The molecular weight excluding hydrogens is 406 g/mol. The largest absolute Gasteiger partial charge is 0.480 e. The van der Waals surface area contributed by atoms with Gasteiger partial charge in [0.2, 0.25) is 5.91 Å². The molecule has 0 radical (unpaired) electrons. The zero-order valence-electron chi connectivity index (χ0n) is 18.0. The number of hydrogen-bond donors (Lipinski definition) is 4. The summed E-state index contributed by atoms with van der Waals surface area (Å²) in [5.74, 6) is -2.28. The summed E-state index contributed by atoms with van der Waals surface area (Å²) in [6, 6.07) is 6.83. The van der Waals surface area contributed by atoms with Gasteiger partial charge in [-0.3, -0.25) is 14.5 Å². The average Bonchev–Trinajstić information content (AvgIpc) is 2.69. The minimum Gasteiger partial charge on any atom is -0.480 e. The molecular formula is C21H31N3O7. The third kappa shape index (κ3) is 10.4. The van der Waals surface area contributed by atoms with Gasteiger partial charge in [-0.05, 0) is 11.5 Å². The van der Waals surface area contributed by atoms with Crippen LogP contribution in [0.15, 0.2) is 30.3 Å². The highest BCUT2D eigenvalue weighted by atomic mass is 16.5. The molecule has 0 heterocycles. The minimum atomic E-state index is -1.50. The van der Waals surface area contributed by atoms with E-state index in [1.54, 1.807) is 30.3 Å². The van der Waals surface area contributed by atoms with Crippen LogP contribution in [0.4, 0.5) is 4.79 Å². The smallest absolute Gasteiger partial charge is 0.326 e. The van der Waals surface area contributed by atoms with Crippen LogP contribution in [-0.4, -0.2) is 71.0 Å². The Balaban J connectivity index is 2.74. The number of carboxylic acids is 1. The molecule has 2 atom stereocenters. The highest BCUT2D eigenvalue weighted by Crippen LogP contribution is 2.10. The predicted octanol–water partition coefficient (Wildman–Crippen LogP) is 0.738. The summed E-state index contributed by atoms with van der Waals surface area (Å²) in [6.07, 6.45) is -1.92. The Labute approximate surface area is 181 Å². The van der Waals surface area contributed by atoms with Gasteiger partial charge in [-0.25, -0.2) is 9.59 Å². The molecule has 1 aromatic carbocycles. The topological polar surface area (TPSA) is 145 Å². The van der Waals surface area contributed by atoms with E-state index in [4.69, 9.17) is 4.74 Å². The summed E-state index contributed by atoms with van der Waals surface area (Å²) in [7, 11) is 0. The number of rotatable bonds is 12. The normalized spacial score (nSPS) is 12.5. The Morgan fingerprint density at radius 2 is 1.77 bits per heavy atom. The maximum atomic E-state index is 12.7. The maximum Gasteiger partial charge on any atom is 0.326 e. The summed E-state index contributed by atoms with van der Waals surface area (Å²) in [5.41, 5.74) is 0.730. The van der Waals surface area contributed by atoms with Crippen LogP contribution < -0.4 is 10.6 Å². The number of hydrogen-bond acceptors (Lipinski definition) is 6. The summed E-state index contributed by atoms with van der Waals surface area (Å²) in [6.45, 7) is 5.13. The number of nitrogens with zero attached hydrogens (tertiary/aromatic N) is 1. The number of carboxylic acid groups (broad SMARTS) is 1. The van der Waals surface area contributed by atoms with Crippen molar-refractivity contribution in [2.75, 3.05) is 19.7 Å². The van der Waals surface area contributed by atoms with Gasteiger partial charge in [-0.1, -0.05) is 44.2 Å². The highest BCUT2D eigenvalue weighted by Gasteiger charge is 2.29. The number of ether oxygens (including phenoxy) is 1. The van der Waals surface area contributed by atoms with E-state index in [0.717, 1.165) is 10.5 Å². The molecule has 0 aromatic heterocycles. The van der Waals surface area contributed by atoms with E-state index in [9.17, 15) is 29.4 Å². The fraction of sp³-hybridized carbons (Fsp3) is 0.524. The van der Waals surface area contributed by atoms with Crippen LogP contribution in [0.2, 0.25) is 0 Å². The molecule has 0 saturated heterocycles. The lowest BCUT2D eigenvalue weighted by Crippen LogP contribution is -2.53. The van der Waals surface area contributed by atoms with Gasteiger partial charge in [-0.2, -0.15) is 0 Å². The summed E-state index contributed by atoms with van der Waals surface area (Å²) in [5, 5.41) is 24.8. The lowest BCUT2D eigenvalue weighted by atomic mass is 10.1. The van der Waals surface area contributed by atoms with E-state index in [-0.39, 0.29) is 37.9 Å². The zero-order chi connectivity index (χ0) is 23.4. The van der Waals surface area contributed by atoms with Gasteiger partial charge in [0.05, 0.1) is 13.0 Å². The summed E-state index contributed by atoms with van der Waals surface area (Å²) >= 11 is 0. The van der Waals surface area contributed by atoms with Crippen LogP contribution in [-0.2, 0) is 25.5 Å². The first-order valence-electron chi connectivity index (χ1n) is 10.0. The molecule has 2 unspecified atom stereocenters. The molecule has 1 rings (SSSR count). The van der Waals surface area contributed by atoms with E-state index < -0.39 is 36.7 Å². The second kappa shape index (κ2) is 13.2. The van der Waals surface area contributed by atoms with E-state index in [2.05, 4.69) is 10.6 Å². The molecule has 4 N–H and O–H groups in total. The van der Waals surface area contributed by atoms with Gasteiger partial charge >= 0.3 is 18.0 Å². The van der Waals surface area contributed by atoms with Crippen LogP contribution in [0.5, 0.6) is 0 Å². The second-order valence-corrected chi connectivity index (χ2v) is 7.46. The number of aliphatic carboxylic acids is 1. The maximum absolute atomic E-state index is 12.7. The Kier molecular flexibility index (Phi) is 11.0. The second-order valence-electron chi connectivity index (χ2n) is 7.46. The first-order valence-corrected chi connectivity index (χ1v) is 10.0. The molecule has 172 valence electrons. The molecule has 10 heteroatoms. The van der Waals surface area contributed by atoms with Crippen LogP contribution >= 0.6 is 0 Å². The molecule has 0 aliphatic heterocycles. The number of benzene rings is 1. The predicted molar refractivity (Wildman–Crippen MR) is 112 cm³/mol. The molecule has 31 heavy (non-hydrogen) atoms. The minimum absolute atomic E-state index is 0.0476. The molecule has 0 spiro atoms. The standard InChI is InChI=1S/C21H31N3O7/c1-14(2)13-24(18(26)12-19(27)31-10-9-22-15(3)25)21(30)23-17(20(28)29)11-16-7-5-4-6-8-16/h4-8,14,17-18,26H,9-13H2,1-3H3,(H,22,25)(H,23,30)(H,28,29). The summed E-state index contributed by atoms with van der Waals surface area (Å²) in [4.78, 5) is 48.1. The molecule has 3 amide bonds. The lowest BCUT2D eigenvalue weighted by molar-refractivity contribution is -0.148. The van der Waals surface area contributed by atoms with Crippen molar-refractivity contribution >= 4 is 23.9 Å². The van der Waals surface area contributed by atoms with E-state index in [1.807, 2.05) is 13.8 Å². The molecule has 0 fully saturated rings. The van der Waals surface area contributed by atoms with Crippen molar-refractivity contribution in [3.63, 3.8) is 0 Å². The van der Waals surface area contributed by atoms with Crippen LogP contribution in [0.25, 0.3) is 0 Å². The van der Waals surface area contributed by atoms with Crippen LogP contribution in [0.1, 0.15) is 32.8 Å². The number of esters is 1. The Morgan fingerprint density at radius 1 is 1.13 bits per heavy atom. The van der Waals surface area contributed by atoms with Gasteiger partial charge in [0.1, 0.15) is 18.9 Å². The highest BCUT2D eigenvalue weighted by molar-refractivity contribution is 5.83. The van der Waals surface area contributed by atoms with Crippen LogP contribution in [0, 0.1) is 5.92 Å². The average molecular weight is 437 g/mol. The number of carbonyl (C=O) groups is 4. The van der Waals surface area contributed by atoms with E-state index in [1.165, 1.54) is 6.92 Å². The Bertz CT molecular complexity index is 740. The van der Waals surface area contributed by atoms with Crippen molar-refractivity contribution in [1.29, 1.82) is 0 Å². The van der Waals surface area contributed by atoms with Gasteiger partial charge < -0.3 is 25.6 Å². The molecule has 1 aromatic rings. The van der Waals surface area contributed by atoms with Gasteiger partial charge in [0, 0.05) is 19.9 Å². The summed E-state index contributed by atoms with van der Waals surface area (Å²) < 4.78 is 4.93. The lowest BCUT2D eigenvalue weighted by Gasteiger charge is -2.30. The Hall–Kier alpha value is -3.14. The molecule has 0 bridgehead atoms. The van der Waals surface area contributed by atoms with Gasteiger partial charge in [0.25, 0.3) is 0 Å². The van der Waals surface area contributed by atoms with Gasteiger partial charge in [-0.15, -0.1) is 0 Å². The number of carbonyl (C=O) groups excluding carboxylic acids is 3.